The SMILES string of the molecule is CCCCCCC(Cl)COc1ccc(-c2ncc(OCCCCCCCC3CCCC3)cn2)cc1. The van der Waals surface area contributed by atoms with Gasteiger partial charge in [-0.25, -0.2) is 9.97 Å². The molecule has 0 amide bonds. The first-order valence-electron chi connectivity index (χ1n) is 14.1. The maximum Gasteiger partial charge on any atom is 0.159 e. The van der Waals surface area contributed by atoms with Crippen molar-refractivity contribution in [2.45, 2.75) is 109 Å². The lowest BCUT2D eigenvalue weighted by molar-refractivity contribution is 0.301. The van der Waals surface area contributed by atoms with Gasteiger partial charge in [-0.3, -0.25) is 0 Å². The molecule has 194 valence electrons. The Labute approximate surface area is 218 Å². The minimum atomic E-state index is 0.0593. The first-order valence-corrected chi connectivity index (χ1v) is 14.5. The van der Waals surface area contributed by atoms with Gasteiger partial charge in [0.25, 0.3) is 0 Å². The van der Waals surface area contributed by atoms with Crippen molar-refractivity contribution >= 4 is 11.6 Å². The minimum Gasteiger partial charge on any atom is -0.492 e. The highest BCUT2D eigenvalue weighted by Gasteiger charge is 2.13. The van der Waals surface area contributed by atoms with Crippen LogP contribution in [0.3, 0.4) is 0 Å². The molecular weight excluding hydrogens is 456 g/mol. The van der Waals surface area contributed by atoms with Gasteiger partial charge in [0.2, 0.25) is 0 Å². The average molecular weight is 501 g/mol. The number of halogens is 1. The van der Waals surface area contributed by atoms with Crippen LogP contribution in [0.25, 0.3) is 11.4 Å². The summed E-state index contributed by atoms with van der Waals surface area (Å²) in [5.41, 5.74) is 0.962. The Balaban J connectivity index is 1.27. The van der Waals surface area contributed by atoms with Crippen LogP contribution in [0.2, 0.25) is 0 Å². The van der Waals surface area contributed by atoms with Crippen molar-refractivity contribution in [1.82, 2.24) is 9.97 Å². The van der Waals surface area contributed by atoms with Crippen molar-refractivity contribution in [2.75, 3.05) is 13.2 Å². The van der Waals surface area contributed by atoms with Crippen LogP contribution in [-0.4, -0.2) is 28.6 Å². The van der Waals surface area contributed by atoms with Crippen LogP contribution in [0, 0.1) is 5.92 Å². The van der Waals surface area contributed by atoms with Crippen LogP contribution < -0.4 is 9.47 Å². The number of ether oxygens (including phenoxy) is 2. The molecule has 1 unspecified atom stereocenters. The number of unbranched alkanes of at least 4 members (excludes halogenated alkanes) is 7. The molecule has 1 heterocycles. The molecular formula is C30H45ClN2O2. The predicted octanol–water partition coefficient (Wildman–Crippen LogP) is 9.01. The van der Waals surface area contributed by atoms with Gasteiger partial charge >= 0.3 is 0 Å². The fourth-order valence-corrected chi connectivity index (χ4v) is 5.07. The van der Waals surface area contributed by atoms with Gasteiger partial charge in [0.05, 0.1) is 24.4 Å². The van der Waals surface area contributed by atoms with Gasteiger partial charge in [-0.2, -0.15) is 0 Å². The van der Waals surface area contributed by atoms with Crippen molar-refractivity contribution in [2.24, 2.45) is 5.92 Å². The Morgan fingerprint density at radius 3 is 2.26 bits per heavy atom. The highest BCUT2D eigenvalue weighted by atomic mass is 35.5. The van der Waals surface area contributed by atoms with Gasteiger partial charge in [-0.05, 0) is 43.0 Å². The summed E-state index contributed by atoms with van der Waals surface area (Å²) in [7, 11) is 0. The molecule has 0 N–H and O–H groups in total. The number of aromatic nitrogens is 2. The summed E-state index contributed by atoms with van der Waals surface area (Å²) in [6.07, 6.45) is 23.2. The van der Waals surface area contributed by atoms with E-state index >= 15 is 0 Å². The van der Waals surface area contributed by atoms with Crippen molar-refractivity contribution in [3.63, 3.8) is 0 Å². The molecule has 1 fully saturated rings. The van der Waals surface area contributed by atoms with E-state index in [1.54, 1.807) is 12.4 Å². The monoisotopic (exact) mass is 500 g/mol. The van der Waals surface area contributed by atoms with E-state index in [0.29, 0.717) is 12.4 Å². The smallest absolute Gasteiger partial charge is 0.159 e. The molecule has 1 saturated carbocycles. The van der Waals surface area contributed by atoms with Crippen LogP contribution >= 0.6 is 11.6 Å². The molecule has 5 heteroatoms. The number of nitrogens with zero attached hydrogens (tertiary/aromatic N) is 2. The topological polar surface area (TPSA) is 44.2 Å². The molecule has 4 nitrogen and oxygen atoms in total. The quantitative estimate of drug-likeness (QED) is 0.151. The van der Waals surface area contributed by atoms with Crippen molar-refractivity contribution < 1.29 is 9.47 Å². The van der Waals surface area contributed by atoms with Crippen LogP contribution in [0.15, 0.2) is 36.7 Å². The number of alkyl halides is 1. The zero-order valence-electron chi connectivity index (χ0n) is 21.7. The minimum absolute atomic E-state index is 0.0593. The molecule has 0 spiro atoms. The van der Waals surface area contributed by atoms with Gasteiger partial charge in [-0.15, -0.1) is 11.6 Å². The number of benzene rings is 1. The largest absolute Gasteiger partial charge is 0.492 e. The summed E-state index contributed by atoms with van der Waals surface area (Å²) < 4.78 is 11.7. The molecule has 0 radical (unpaired) electrons. The van der Waals surface area contributed by atoms with Crippen molar-refractivity contribution in [3.8, 4) is 22.9 Å². The Hall–Kier alpha value is -1.81. The molecule has 1 aromatic carbocycles. The van der Waals surface area contributed by atoms with Gasteiger partial charge in [0, 0.05) is 5.56 Å². The number of hydrogen-bond acceptors (Lipinski definition) is 4. The lowest BCUT2D eigenvalue weighted by Gasteiger charge is -2.12. The lowest BCUT2D eigenvalue weighted by atomic mass is 9.99. The van der Waals surface area contributed by atoms with Crippen molar-refractivity contribution in [3.05, 3.63) is 36.7 Å². The third-order valence-corrected chi connectivity index (χ3v) is 7.39. The lowest BCUT2D eigenvalue weighted by Crippen LogP contribution is -2.11. The summed E-state index contributed by atoms with van der Waals surface area (Å²) in [5.74, 6) is 3.28. The molecule has 2 aromatic rings. The van der Waals surface area contributed by atoms with E-state index in [2.05, 4.69) is 16.9 Å². The van der Waals surface area contributed by atoms with Gasteiger partial charge < -0.3 is 9.47 Å². The number of hydrogen-bond donors (Lipinski definition) is 0. The van der Waals surface area contributed by atoms with Crippen LogP contribution in [0.4, 0.5) is 0 Å². The van der Waals surface area contributed by atoms with E-state index in [9.17, 15) is 0 Å². The summed E-state index contributed by atoms with van der Waals surface area (Å²) in [5, 5.41) is 0.0593. The predicted molar refractivity (Wildman–Crippen MR) is 147 cm³/mol. The molecule has 0 bridgehead atoms. The zero-order chi connectivity index (χ0) is 24.6. The van der Waals surface area contributed by atoms with E-state index in [0.717, 1.165) is 42.4 Å². The molecule has 3 rings (SSSR count). The van der Waals surface area contributed by atoms with E-state index in [1.165, 1.54) is 83.5 Å². The van der Waals surface area contributed by atoms with E-state index in [-0.39, 0.29) is 5.38 Å². The summed E-state index contributed by atoms with van der Waals surface area (Å²) in [4.78, 5) is 8.96. The maximum atomic E-state index is 6.39. The highest BCUT2D eigenvalue weighted by Crippen LogP contribution is 2.29. The fourth-order valence-electron chi connectivity index (χ4n) is 4.86. The normalized spacial score (nSPS) is 14.8. The van der Waals surface area contributed by atoms with Gasteiger partial charge in [-0.1, -0.05) is 90.4 Å². The van der Waals surface area contributed by atoms with Crippen LogP contribution in [0.5, 0.6) is 11.5 Å². The van der Waals surface area contributed by atoms with E-state index in [1.807, 2.05) is 24.3 Å². The van der Waals surface area contributed by atoms with E-state index < -0.39 is 0 Å². The Bertz CT molecular complexity index is 791. The Morgan fingerprint density at radius 1 is 0.829 bits per heavy atom. The summed E-state index contributed by atoms with van der Waals surface area (Å²) in [6, 6.07) is 7.89. The fraction of sp³-hybridized carbons (Fsp3) is 0.667. The molecule has 1 atom stereocenters. The summed E-state index contributed by atoms with van der Waals surface area (Å²) >= 11 is 6.39. The second-order valence-electron chi connectivity index (χ2n) is 10.1. The van der Waals surface area contributed by atoms with Crippen LogP contribution in [-0.2, 0) is 0 Å². The standard InChI is InChI=1S/C30H45ClN2O2/c1-2-3-4-9-16-27(31)24-35-28-19-17-26(18-20-28)30-32-22-29(23-33-30)34-21-12-7-5-6-8-13-25-14-10-11-15-25/h17-20,22-23,25,27H,2-16,21,24H2,1H3. The molecule has 0 aliphatic heterocycles. The Morgan fingerprint density at radius 2 is 1.51 bits per heavy atom. The Kier molecular flexibility index (Phi) is 13.3. The van der Waals surface area contributed by atoms with E-state index in [4.69, 9.17) is 21.1 Å². The molecule has 35 heavy (non-hydrogen) atoms. The number of rotatable bonds is 18. The molecule has 1 aromatic heterocycles. The summed E-state index contributed by atoms with van der Waals surface area (Å²) in [6.45, 7) is 3.49. The zero-order valence-corrected chi connectivity index (χ0v) is 22.5. The second-order valence-corrected chi connectivity index (χ2v) is 10.7. The third-order valence-electron chi connectivity index (χ3n) is 7.04. The first-order chi connectivity index (χ1) is 17.2. The van der Waals surface area contributed by atoms with Gasteiger partial charge in [0.1, 0.15) is 12.4 Å². The average Bonchev–Trinajstić information content (AvgIpc) is 3.41. The van der Waals surface area contributed by atoms with Crippen molar-refractivity contribution in [1.29, 1.82) is 0 Å². The third kappa shape index (κ3) is 11.2. The first kappa shape index (κ1) is 27.8. The molecule has 1 aliphatic rings. The van der Waals surface area contributed by atoms with Crippen LogP contribution in [0.1, 0.15) is 103 Å². The molecule has 0 saturated heterocycles. The second kappa shape index (κ2) is 16.8. The van der Waals surface area contributed by atoms with Gasteiger partial charge in [0.15, 0.2) is 11.6 Å². The molecule has 1 aliphatic carbocycles. The maximum absolute atomic E-state index is 6.39. The highest BCUT2D eigenvalue weighted by molar-refractivity contribution is 6.20.